The van der Waals surface area contributed by atoms with E-state index in [-0.39, 0.29) is 0 Å². The maximum absolute atomic E-state index is 9.52. The van der Waals surface area contributed by atoms with E-state index in [1.54, 1.807) is 0 Å². The first kappa shape index (κ1) is 15.9. The lowest BCUT2D eigenvalue weighted by Crippen LogP contribution is -2.45. The molecule has 16 heavy (non-hydrogen) atoms. The van der Waals surface area contributed by atoms with Crippen LogP contribution in [0.15, 0.2) is 0 Å². The molecule has 0 saturated carbocycles. The first-order chi connectivity index (χ1) is 7.23. The second kappa shape index (κ2) is 6.58. The zero-order valence-corrected chi connectivity index (χ0v) is 11.7. The summed E-state index contributed by atoms with van der Waals surface area (Å²) in [6.07, 6.45) is 5.26. The molecular weight excluding hydrogens is 202 g/mol. The van der Waals surface area contributed by atoms with Crippen molar-refractivity contribution in [2.45, 2.75) is 64.2 Å². The Labute approximate surface area is 101 Å². The number of nitrogens with zero attached hydrogens (tertiary/aromatic N) is 1. The van der Waals surface area contributed by atoms with Crippen molar-refractivity contribution in [2.24, 2.45) is 0 Å². The van der Waals surface area contributed by atoms with E-state index in [0.29, 0.717) is 18.9 Å². The predicted molar refractivity (Wildman–Crippen MR) is 68.0 cm³/mol. The van der Waals surface area contributed by atoms with Gasteiger partial charge in [0.2, 0.25) is 0 Å². The van der Waals surface area contributed by atoms with Gasteiger partial charge in [-0.15, -0.1) is 0 Å². The molecule has 0 aliphatic carbocycles. The molecule has 0 spiro atoms. The molecule has 3 heteroatoms. The molecule has 2 N–H and O–H groups in total. The molecule has 98 valence electrons. The Hall–Kier alpha value is -0.120. The van der Waals surface area contributed by atoms with Crippen molar-refractivity contribution in [3.8, 4) is 0 Å². The lowest BCUT2D eigenvalue weighted by Gasteiger charge is -2.34. The quantitative estimate of drug-likeness (QED) is 0.497. The summed E-state index contributed by atoms with van der Waals surface area (Å²) in [5, 5.41) is 19.0. The minimum absolute atomic E-state index is 0.413. The number of hydrogen-bond acceptors (Lipinski definition) is 2. The Morgan fingerprint density at radius 2 is 1.62 bits per heavy atom. The van der Waals surface area contributed by atoms with Gasteiger partial charge in [-0.05, 0) is 25.7 Å². The van der Waals surface area contributed by atoms with Gasteiger partial charge in [-0.25, -0.2) is 0 Å². The monoisotopic (exact) mass is 232 g/mol. The van der Waals surface area contributed by atoms with Gasteiger partial charge >= 0.3 is 0 Å². The molecule has 0 aromatic carbocycles. The molecule has 3 nitrogen and oxygen atoms in total. The number of aliphatic hydroxyl groups is 2. The zero-order chi connectivity index (χ0) is 12.8. The molecule has 0 saturated heterocycles. The van der Waals surface area contributed by atoms with Gasteiger partial charge in [0.05, 0.1) is 27.2 Å². The molecule has 1 atom stereocenters. The van der Waals surface area contributed by atoms with E-state index in [1.807, 2.05) is 6.92 Å². The van der Waals surface area contributed by atoms with E-state index in [9.17, 15) is 10.2 Å². The summed E-state index contributed by atoms with van der Waals surface area (Å²) in [5.74, 6) is -1.46. The van der Waals surface area contributed by atoms with Crippen LogP contribution >= 0.6 is 0 Å². The topological polar surface area (TPSA) is 40.5 Å². The van der Waals surface area contributed by atoms with Crippen LogP contribution in [-0.2, 0) is 0 Å². The summed E-state index contributed by atoms with van der Waals surface area (Å²) in [6, 6.07) is 0.623. The first-order valence-electron chi connectivity index (χ1n) is 6.48. The lowest BCUT2D eigenvalue weighted by atomic mass is 9.99. The molecule has 0 aromatic heterocycles. The molecule has 0 aliphatic heterocycles. The van der Waals surface area contributed by atoms with E-state index in [2.05, 4.69) is 28.1 Å². The highest BCUT2D eigenvalue weighted by molar-refractivity contribution is 4.65. The van der Waals surface area contributed by atoms with Crippen molar-refractivity contribution in [2.75, 3.05) is 21.1 Å². The number of hydrogen-bond donors (Lipinski definition) is 2. The average molecular weight is 232 g/mol. The molecule has 0 aromatic rings. The van der Waals surface area contributed by atoms with Crippen molar-refractivity contribution >= 4 is 0 Å². The Kier molecular flexibility index (Phi) is 6.53. The van der Waals surface area contributed by atoms with Gasteiger partial charge in [0, 0.05) is 6.42 Å². The van der Waals surface area contributed by atoms with Gasteiger partial charge in [-0.1, -0.05) is 20.3 Å². The third kappa shape index (κ3) is 6.46. The van der Waals surface area contributed by atoms with Crippen LogP contribution in [0.3, 0.4) is 0 Å². The van der Waals surface area contributed by atoms with Crippen molar-refractivity contribution in [1.29, 1.82) is 0 Å². The van der Waals surface area contributed by atoms with E-state index < -0.39 is 5.79 Å². The van der Waals surface area contributed by atoms with E-state index in [0.717, 1.165) is 17.3 Å². The normalized spacial score (nSPS) is 15.2. The molecule has 0 heterocycles. The molecule has 0 rings (SSSR count). The fourth-order valence-corrected chi connectivity index (χ4v) is 2.05. The van der Waals surface area contributed by atoms with Crippen LogP contribution in [0.2, 0.25) is 0 Å². The fraction of sp³-hybridized carbons (Fsp3) is 1.00. The van der Waals surface area contributed by atoms with Crippen LogP contribution in [0, 0.1) is 0 Å². The summed E-state index contributed by atoms with van der Waals surface area (Å²) in [5.41, 5.74) is 0. The van der Waals surface area contributed by atoms with E-state index >= 15 is 0 Å². The summed E-state index contributed by atoms with van der Waals surface area (Å²) in [6.45, 7) is 4.01. The second-order valence-corrected chi connectivity index (χ2v) is 5.79. The number of rotatable bonds is 8. The van der Waals surface area contributed by atoms with Crippen molar-refractivity contribution in [1.82, 2.24) is 0 Å². The molecule has 0 fully saturated rings. The van der Waals surface area contributed by atoms with Gasteiger partial charge in [0.25, 0.3) is 0 Å². The summed E-state index contributed by atoms with van der Waals surface area (Å²) < 4.78 is 0.962. The van der Waals surface area contributed by atoms with Crippen LogP contribution < -0.4 is 0 Å². The molecule has 0 bridgehead atoms. The van der Waals surface area contributed by atoms with Crippen molar-refractivity contribution in [3.63, 3.8) is 0 Å². The zero-order valence-electron chi connectivity index (χ0n) is 11.7. The second-order valence-electron chi connectivity index (χ2n) is 5.79. The highest BCUT2D eigenvalue weighted by Crippen LogP contribution is 2.20. The van der Waals surface area contributed by atoms with Gasteiger partial charge in [-0.3, -0.25) is 0 Å². The van der Waals surface area contributed by atoms with E-state index in [1.165, 1.54) is 12.8 Å². The highest BCUT2D eigenvalue weighted by Gasteiger charge is 2.25. The average Bonchev–Trinajstić information content (AvgIpc) is 2.15. The minimum Gasteiger partial charge on any atom is -0.366 e. The van der Waals surface area contributed by atoms with Gasteiger partial charge < -0.3 is 14.7 Å². The highest BCUT2D eigenvalue weighted by atomic mass is 16.5. The molecule has 0 radical (unpaired) electrons. The Morgan fingerprint density at radius 1 is 1.06 bits per heavy atom. The molecule has 0 aliphatic rings. The van der Waals surface area contributed by atoms with Crippen LogP contribution in [0.4, 0.5) is 0 Å². The van der Waals surface area contributed by atoms with Crippen LogP contribution in [0.5, 0.6) is 0 Å². The molecular formula is C13H30NO2+. The van der Waals surface area contributed by atoms with Crippen molar-refractivity contribution in [3.05, 3.63) is 0 Å². The van der Waals surface area contributed by atoms with Gasteiger partial charge in [-0.2, -0.15) is 0 Å². The Morgan fingerprint density at radius 3 is 2.00 bits per heavy atom. The van der Waals surface area contributed by atoms with Gasteiger partial charge in [0.1, 0.15) is 0 Å². The minimum atomic E-state index is -1.46. The third-order valence-corrected chi connectivity index (χ3v) is 3.40. The van der Waals surface area contributed by atoms with Crippen molar-refractivity contribution < 1.29 is 14.7 Å². The third-order valence-electron chi connectivity index (χ3n) is 3.40. The Balaban J connectivity index is 4.04. The van der Waals surface area contributed by atoms with Gasteiger partial charge in [0.15, 0.2) is 5.79 Å². The summed E-state index contributed by atoms with van der Waals surface area (Å²) in [7, 11) is 6.64. The Bertz CT molecular complexity index is 185. The maximum Gasteiger partial charge on any atom is 0.162 e. The predicted octanol–water partition coefficient (Wildman–Crippen LogP) is 2.12. The summed E-state index contributed by atoms with van der Waals surface area (Å²) in [4.78, 5) is 0. The van der Waals surface area contributed by atoms with Crippen LogP contribution in [-0.4, -0.2) is 47.7 Å². The summed E-state index contributed by atoms with van der Waals surface area (Å²) >= 11 is 0. The SMILES string of the molecule is CCCC(CCCC(O)(O)CC)[N+](C)(C)C. The van der Waals surface area contributed by atoms with E-state index in [4.69, 9.17) is 0 Å². The first-order valence-corrected chi connectivity index (χ1v) is 6.48. The van der Waals surface area contributed by atoms with Crippen LogP contribution in [0.25, 0.3) is 0 Å². The smallest absolute Gasteiger partial charge is 0.162 e. The molecule has 1 unspecified atom stereocenters. The maximum atomic E-state index is 9.52. The largest absolute Gasteiger partial charge is 0.366 e. The standard InChI is InChI=1S/C13H30NO2/c1-6-9-12(14(3,4)5)10-8-11-13(15,16)7-2/h12,15-16H,6-11H2,1-5H3/q+1. The van der Waals surface area contributed by atoms with Crippen LogP contribution in [0.1, 0.15) is 52.4 Å². The lowest BCUT2D eigenvalue weighted by molar-refractivity contribution is -0.896. The molecule has 0 amide bonds. The number of quaternary nitrogens is 1. The fourth-order valence-electron chi connectivity index (χ4n) is 2.05.